The first-order valence-electron chi connectivity index (χ1n) is 6.74. The molecule has 0 aliphatic carbocycles. The Kier molecular flexibility index (Phi) is 2.67. The fourth-order valence-corrected chi connectivity index (χ4v) is 3.17. The molecule has 18 heavy (non-hydrogen) atoms. The molecule has 0 radical (unpaired) electrons. The van der Waals surface area contributed by atoms with E-state index >= 15 is 0 Å². The highest BCUT2D eigenvalue weighted by Gasteiger charge is 2.47. The number of benzene rings is 1. The lowest BCUT2D eigenvalue weighted by Crippen LogP contribution is -2.44. The van der Waals surface area contributed by atoms with Gasteiger partial charge in [0.2, 0.25) is 5.91 Å². The van der Waals surface area contributed by atoms with Gasteiger partial charge in [-0.2, -0.15) is 0 Å². The zero-order chi connectivity index (χ0) is 12.8. The van der Waals surface area contributed by atoms with Crippen LogP contribution in [-0.2, 0) is 11.2 Å². The molecule has 96 valence electrons. The molecule has 2 heterocycles. The topological polar surface area (TPSA) is 32.3 Å². The van der Waals surface area contributed by atoms with E-state index in [2.05, 4.69) is 36.2 Å². The van der Waals surface area contributed by atoms with E-state index in [4.69, 9.17) is 0 Å². The maximum atomic E-state index is 12.4. The standard InChI is InChI=1S/C15H20N2O/c1-11(2)17-8-7-15(10-17)9-12-5-3-4-6-13(12)16-14(15)18/h3-6,11H,7-10H2,1-2H3,(H,16,18). The predicted octanol–water partition coefficient (Wildman–Crippen LogP) is 2.28. The molecule has 1 fully saturated rings. The zero-order valence-electron chi connectivity index (χ0n) is 11.1. The molecule has 3 heteroatoms. The van der Waals surface area contributed by atoms with Crippen molar-refractivity contribution in [2.45, 2.75) is 32.7 Å². The van der Waals surface area contributed by atoms with Crippen LogP contribution in [0.3, 0.4) is 0 Å². The van der Waals surface area contributed by atoms with Crippen LogP contribution in [0.1, 0.15) is 25.8 Å². The average molecular weight is 244 g/mol. The Labute approximate surface area is 108 Å². The summed E-state index contributed by atoms with van der Waals surface area (Å²) < 4.78 is 0. The normalized spacial score (nSPS) is 27.6. The third-order valence-corrected chi connectivity index (χ3v) is 4.39. The summed E-state index contributed by atoms with van der Waals surface area (Å²) in [4.78, 5) is 14.8. The van der Waals surface area contributed by atoms with Gasteiger partial charge >= 0.3 is 0 Å². The van der Waals surface area contributed by atoms with E-state index in [9.17, 15) is 4.79 Å². The quantitative estimate of drug-likeness (QED) is 0.822. The highest BCUT2D eigenvalue weighted by atomic mass is 16.2. The Bertz CT molecular complexity index is 483. The van der Waals surface area contributed by atoms with Gasteiger partial charge in [0.15, 0.2) is 0 Å². The van der Waals surface area contributed by atoms with E-state index in [0.29, 0.717) is 6.04 Å². The summed E-state index contributed by atoms with van der Waals surface area (Å²) in [6.45, 7) is 6.33. The van der Waals surface area contributed by atoms with Crippen molar-refractivity contribution in [2.24, 2.45) is 5.41 Å². The average Bonchev–Trinajstić information content (AvgIpc) is 2.76. The lowest BCUT2D eigenvalue weighted by atomic mass is 9.77. The van der Waals surface area contributed by atoms with Gasteiger partial charge in [-0.3, -0.25) is 9.69 Å². The summed E-state index contributed by atoms with van der Waals surface area (Å²) in [5, 5.41) is 3.09. The van der Waals surface area contributed by atoms with Gasteiger partial charge in [-0.05, 0) is 44.9 Å². The second-order valence-electron chi connectivity index (χ2n) is 5.88. The summed E-state index contributed by atoms with van der Waals surface area (Å²) in [6.07, 6.45) is 1.86. The molecular formula is C15H20N2O. The molecular weight excluding hydrogens is 224 g/mol. The fraction of sp³-hybridized carbons (Fsp3) is 0.533. The molecule has 1 amide bonds. The van der Waals surface area contributed by atoms with Crippen LogP contribution in [0, 0.1) is 5.41 Å². The number of nitrogens with zero attached hydrogens (tertiary/aromatic N) is 1. The number of amides is 1. The first-order chi connectivity index (χ1) is 8.61. The number of carbonyl (C=O) groups excluding carboxylic acids is 1. The van der Waals surface area contributed by atoms with E-state index in [0.717, 1.165) is 31.6 Å². The number of para-hydroxylation sites is 1. The van der Waals surface area contributed by atoms with Gasteiger partial charge in [0.25, 0.3) is 0 Å². The van der Waals surface area contributed by atoms with Crippen LogP contribution in [0.2, 0.25) is 0 Å². The Morgan fingerprint density at radius 1 is 1.33 bits per heavy atom. The monoisotopic (exact) mass is 244 g/mol. The first-order valence-corrected chi connectivity index (χ1v) is 6.74. The third kappa shape index (κ3) is 1.74. The smallest absolute Gasteiger partial charge is 0.232 e. The number of carbonyl (C=O) groups is 1. The molecule has 0 bridgehead atoms. The van der Waals surface area contributed by atoms with Crippen LogP contribution < -0.4 is 5.32 Å². The molecule has 0 aromatic heterocycles. The van der Waals surface area contributed by atoms with Crippen molar-refractivity contribution >= 4 is 11.6 Å². The summed E-state index contributed by atoms with van der Waals surface area (Å²) in [5.74, 6) is 0.212. The number of hydrogen-bond donors (Lipinski definition) is 1. The van der Waals surface area contributed by atoms with Crippen LogP contribution in [-0.4, -0.2) is 29.9 Å². The number of rotatable bonds is 1. The molecule has 1 N–H and O–H groups in total. The maximum absolute atomic E-state index is 12.4. The van der Waals surface area contributed by atoms with Gasteiger partial charge in [0, 0.05) is 18.3 Å². The predicted molar refractivity (Wildman–Crippen MR) is 72.5 cm³/mol. The minimum absolute atomic E-state index is 0.196. The summed E-state index contributed by atoms with van der Waals surface area (Å²) in [6, 6.07) is 8.68. The van der Waals surface area contributed by atoms with Crippen molar-refractivity contribution in [1.29, 1.82) is 0 Å². The van der Waals surface area contributed by atoms with Crippen molar-refractivity contribution in [3.05, 3.63) is 29.8 Å². The molecule has 2 aliphatic heterocycles. The summed E-state index contributed by atoms with van der Waals surface area (Å²) in [7, 11) is 0. The first kappa shape index (κ1) is 11.7. The van der Waals surface area contributed by atoms with Gasteiger partial charge in [-0.1, -0.05) is 18.2 Å². The molecule has 3 rings (SSSR count). The lowest BCUT2D eigenvalue weighted by Gasteiger charge is -2.34. The highest BCUT2D eigenvalue weighted by Crippen LogP contribution is 2.41. The molecule has 0 saturated carbocycles. The van der Waals surface area contributed by atoms with Gasteiger partial charge in [-0.15, -0.1) is 0 Å². The number of fused-ring (bicyclic) bond motifs is 1. The second kappa shape index (κ2) is 4.09. The minimum atomic E-state index is -0.196. The van der Waals surface area contributed by atoms with E-state index < -0.39 is 0 Å². The van der Waals surface area contributed by atoms with Crippen molar-refractivity contribution in [3.8, 4) is 0 Å². The summed E-state index contributed by atoms with van der Waals surface area (Å²) >= 11 is 0. The molecule has 1 unspecified atom stereocenters. The van der Waals surface area contributed by atoms with Crippen LogP contribution in [0.5, 0.6) is 0 Å². The Hall–Kier alpha value is -1.35. The molecule has 3 nitrogen and oxygen atoms in total. The largest absolute Gasteiger partial charge is 0.325 e. The number of hydrogen-bond acceptors (Lipinski definition) is 2. The van der Waals surface area contributed by atoms with Gasteiger partial charge in [0.05, 0.1) is 5.41 Å². The summed E-state index contributed by atoms with van der Waals surface area (Å²) in [5.41, 5.74) is 2.08. The number of nitrogens with one attached hydrogen (secondary N) is 1. The van der Waals surface area contributed by atoms with Gasteiger partial charge in [0.1, 0.15) is 0 Å². The van der Waals surface area contributed by atoms with Crippen LogP contribution in [0.15, 0.2) is 24.3 Å². The molecule has 2 aliphatic rings. The molecule has 1 saturated heterocycles. The van der Waals surface area contributed by atoms with E-state index in [-0.39, 0.29) is 11.3 Å². The van der Waals surface area contributed by atoms with Crippen LogP contribution in [0.4, 0.5) is 5.69 Å². The minimum Gasteiger partial charge on any atom is -0.325 e. The Morgan fingerprint density at radius 3 is 2.83 bits per heavy atom. The van der Waals surface area contributed by atoms with Crippen LogP contribution in [0.25, 0.3) is 0 Å². The molecule has 1 atom stereocenters. The fourth-order valence-electron chi connectivity index (χ4n) is 3.17. The SMILES string of the molecule is CC(C)N1CCC2(Cc3ccccc3NC2=O)C1. The van der Waals surface area contributed by atoms with E-state index in [1.54, 1.807) is 0 Å². The molecule has 1 aromatic carbocycles. The maximum Gasteiger partial charge on any atom is 0.232 e. The van der Waals surface area contributed by atoms with E-state index in [1.807, 2.05) is 12.1 Å². The second-order valence-corrected chi connectivity index (χ2v) is 5.88. The Balaban J connectivity index is 1.90. The van der Waals surface area contributed by atoms with E-state index in [1.165, 1.54) is 5.56 Å². The number of anilines is 1. The van der Waals surface area contributed by atoms with Crippen molar-refractivity contribution in [1.82, 2.24) is 4.90 Å². The van der Waals surface area contributed by atoms with Crippen LogP contribution >= 0.6 is 0 Å². The van der Waals surface area contributed by atoms with Gasteiger partial charge < -0.3 is 5.32 Å². The van der Waals surface area contributed by atoms with Gasteiger partial charge in [-0.25, -0.2) is 0 Å². The number of likely N-dealkylation sites (tertiary alicyclic amines) is 1. The molecule has 1 aromatic rings. The Morgan fingerprint density at radius 2 is 2.11 bits per heavy atom. The van der Waals surface area contributed by atoms with Crippen molar-refractivity contribution < 1.29 is 4.79 Å². The van der Waals surface area contributed by atoms with Crippen molar-refractivity contribution in [2.75, 3.05) is 18.4 Å². The lowest BCUT2D eigenvalue weighted by molar-refractivity contribution is -0.125. The molecule has 1 spiro atoms. The highest BCUT2D eigenvalue weighted by molar-refractivity contribution is 5.98. The third-order valence-electron chi connectivity index (χ3n) is 4.39. The van der Waals surface area contributed by atoms with Crippen molar-refractivity contribution in [3.63, 3.8) is 0 Å². The zero-order valence-corrected chi connectivity index (χ0v) is 11.1.